The maximum Gasteiger partial charge on any atom is 0.360 e. The molecule has 30 heavy (non-hydrogen) atoms. The Bertz CT molecular complexity index is 587. The van der Waals surface area contributed by atoms with Crippen molar-refractivity contribution in [1.82, 2.24) is 5.06 Å². The maximum absolute atomic E-state index is 12.8. The number of hydroxylamine groups is 2. The molecule has 0 aromatic heterocycles. The molecule has 0 heterocycles. The van der Waals surface area contributed by atoms with E-state index in [-0.39, 0.29) is 11.3 Å². The molecule has 0 N–H and O–H groups in total. The fraction of sp³-hybridized carbons (Fsp3) is 0.680. The van der Waals surface area contributed by atoms with Gasteiger partial charge in [-0.15, -0.1) is 5.06 Å². The van der Waals surface area contributed by atoms with Crippen molar-refractivity contribution in [3.05, 3.63) is 29.8 Å². The first-order valence-corrected chi connectivity index (χ1v) is 11.8. The molecule has 5 heteroatoms. The zero-order valence-corrected chi connectivity index (χ0v) is 19.3. The number of benzene rings is 1. The van der Waals surface area contributed by atoms with Crippen molar-refractivity contribution in [2.24, 2.45) is 0 Å². The normalized spacial score (nSPS) is 10.9. The van der Waals surface area contributed by atoms with Crippen molar-refractivity contribution in [1.29, 1.82) is 0 Å². The molecule has 0 amide bonds. The van der Waals surface area contributed by atoms with E-state index in [1.54, 1.807) is 29.3 Å². The highest BCUT2D eigenvalue weighted by Crippen LogP contribution is 2.20. The SMILES string of the molecule is CCCCCCCCN(CCCCCCCC)OC(=O)c1ccccc1OC(C)=O. The topological polar surface area (TPSA) is 55.8 Å². The first-order valence-electron chi connectivity index (χ1n) is 11.8. The number of ether oxygens (including phenoxy) is 1. The molecule has 0 fully saturated rings. The van der Waals surface area contributed by atoms with Crippen molar-refractivity contribution < 1.29 is 19.2 Å². The lowest BCUT2D eigenvalue weighted by Gasteiger charge is -2.22. The predicted octanol–water partition coefficient (Wildman–Crippen LogP) is 6.71. The summed E-state index contributed by atoms with van der Waals surface area (Å²) in [5, 5.41) is 1.80. The van der Waals surface area contributed by atoms with Gasteiger partial charge in [0.05, 0.1) is 0 Å². The van der Waals surface area contributed by atoms with Gasteiger partial charge < -0.3 is 9.57 Å². The van der Waals surface area contributed by atoms with Gasteiger partial charge in [0.2, 0.25) is 0 Å². The monoisotopic (exact) mass is 419 g/mol. The summed E-state index contributed by atoms with van der Waals surface area (Å²) in [6, 6.07) is 6.73. The molecule has 0 spiro atoms. The van der Waals surface area contributed by atoms with Crippen molar-refractivity contribution in [3.8, 4) is 5.75 Å². The van der Waals surface area contributed by atoms with Gasteiger partial charge in [-0.2, -0.15) is 0 Å². The van der Waals surface area contributed by atoms with Gasteiger partial charge in [0.1, 0.15) is 11.3 Å². The van der Waals surface area contributed by atoms with Gasteiger partial charge in [0, 0.05) is 20.0 Å². The van der Waals surface area contributed by atoms with Gasteiger partial charge in [-0.1, -0.05) is 90.2 Å². The van der Waals surface area contributed by atoms with Gasteiger partial charge >= 0.3 is 11.9 Å². The Hall–Kier alpha value is -1.88. The van der Waals surface area contributed by atoms with E-state index in [0.29, 0.717) is 0 Å². The number of nitrogens with zero attached hydrogens (tertiary/aromatic N) is 1. The predicted molar refractivity (Wildman–Crippen MR) is 121 cm³/mol. The lowest BCUT2D eigenvalue weighted by molar-refractivity contribution is -0.132. The third-order valence-electron chi connectivity index (χ3n) is 5.09. The van der Waals surface area contributed by atoms with Crippen LogP contribution in [0.5, 0.6) is 5.75 Å². The van der Waals surface area contributed by atoms with E-state index >= 15 is 0 Å². The molecule has 0 saturated carbocycles. The zero-order valence-electron chi connectivity index (χ0n) is 19.3. The Labute approximate surface area is 183 Å². The number of rotatable bonds is 17. The second kappa shape index (κ2) is 16.9. The number of hydrogen-bond donors (Lipinski definition) is 0. The molecule has 0 aliphatic carbocycles. The average molecular weight is 420 g/mol. The van der Waals surface area contributed by atoms with Crippen LogP contribution in [-0.4, -0.2) is 30.1 Å². The molecule has 0 bridgehead atoms. The summed E-state index contributed by atoms with van der Waals surface area (Å²) in [5.41, 5.74) is 0.281. The quantitative estimate of drug-likeness (QED) is 0.122. The number of unbranched alkanes of at least 4 members (excludes halogenated alkanes) is 10. The highest BCUT2D eigenvalue weighted by molar-refractivity contribution is 5.93. The van der Waals surface area contributed by atoms with Gasteiger partial charge in [-0.05, 0) is 25.0 Å². The van der Waals surface area contributed by atoms with E-state index in [1.807, 2.05) is 0 Å². The van der Waals surface area contributed by atoms with Gasteiger partial charge in [-0.25, -0.2) is 4.79 Å². The highest BCUT2D eigenvalue weighted by Gasteiger charge is 2.18. The first kappa shape index (κ1) is 26.2. The second-order valence-corrected chi connectivity index (χ2v) is 7.93. The first-order chi connectivity index (χ1) is 14.6. The van der Waals surface area contributed by atoms with Gasteiger partial charge in [0.15, 0.2) is 0 Å². The van der Waals surface area contributed by atoms with Crippen molar-refractivity contribution in [2.75, 3.05) is 13.1 Å². The molecule has 1 rings (SSSR count). The molecule has 0 saturated heterocycles. The standard InChI is InChI=1S/C25H41NO4/c1-4-6-8-10-12-16-20-26(21-17-13-11-9-7-5-2)30-25(28)23-18-14-15-19-24(23)29-22(3)27/h14-15,18-19H,4-13,16-17,20-21H2,1-3H3. The smallest absolute Gasteiger partial charge is 0.360 e. The molecule has 0 radical (unpaired) electrons. The van der Waals surface area contributed by atoms with Crippen LogP contribution in [-0.2, 0) is 9.63 Å². The summed E-state index contributed by atoms with van der Waals surface area (Å²) < 4.78 is 5.16. The summed E-state index contributed by atoms with van der Waals surface area (Å²) in [6.45, 7) is 7.24. The number of hydrogen-bond acceptors (Lipinski definition) is 5. The average Bonchev–Trinajstić information content (AvgIpc) is 2.72. The molecular formula is C25H41NO4. The molecule has 170 valence electrons. The van der Waals surface area contributed by atoms with E-state index in [1.165, 1.54) is 58.3 Å². The molecule has 0 unspecified atom stereocenters. The molecular weight excluding hydrogens is 378 g/mol. The summed E-state index contributed by atoms with van der Waals surface area (Å²) in [6.07, 6.45) is 14.3. The Balaban J connectivity index is 2.59. The largest absolute Gasteiger partial charge is 0.426 e. The van der Waals surface area contributed by atoms with Crippen LogP contribution in [0.4, 0.5) is 0 Å². The van der Waals surface area contributed by atoms with Crippen molar-refractivity contribution in [3.63, 3.8) is 0 Å². The Kier molecular flexibility index (Phi) is 14.7. The lowest BCUT2D eigenvalue weighted by atomic mass is 10.1. The molecule has 0 atom stereocenters. The van der Waals surface area contributed by atoms with Gasteiger partial charge in [0.25, 0.3) is 0 Å². The van der Waals surface area contributed by atoms with Gasteiger partial charge in [-0.3, -0.25) is 4.79 Å². The van der Waals surface area contributed by atoms with Crippen LogP contribution in [0.3, 0.4) is 0 Å². The molecule has 1 aromatic carbocycles. The van der Waals surface area contributed by atoms with Crippen LogP contribution in [0, 0.1) is 0 Å². The van der Waals surface area contributed by atoms with Crippen LogP contribution in [0.2, 0.25) is 0 Å². The van der Waals surface area contributed by atoms with Crippen LogP contribution >= 0.6 is 0 Å². The van der Waals surface area contributed by atoms with Crippen molar-refractivity contribution in [2.45, 2.75) is 97.8 Å². The number of esters is 1. The Morgan fingerprint density at radius 3 is 1.80 bits per heavy atom. The molecule has 0 aliphatic rings. The van der Waals surface area contributed by atoms with Crippen LogP contribution in [0.15, 0.2) is 24.3 Å². The van der Waals surface area contributed by atoms with E-state index in [2.05, 4.69) is 13.8 Å². The van der Waals surface area contributed by atoms with E-state index < -0.39 is 11.9 Å². The summed E-state index contributed by atoms with van der Waals surface area (Å²) in [5.74, 6) is -0.677. The fourth-order valence-corrected chi connectivity index (χ4v) is 3.39. The van der Waals surface area contributed by atoms with Crippen LogP contribution in [0.1, 0.15) is 108 Å². The third-order valence-corrected chi connectivity index (χ3v) is 5.09. The van der Waals surface area contributed by atoms with Crippen LogP contribution in [0.25, 0.3) is 0 Å². The minimum atomic E-state index is -0.469. The number of para-hydroxylation sites is 1. The minimum absolute atomic E-state index is 0.245. The van der Waals surface area contributed by atoms with E-state index in [4.69, 9.17) is 9.57 Å². The number of carbonyl (C=O) groups is 2. The van der Waals surface area contributed by atoms with E-state index in [0.717, 1.165) is 38.8 Å². The molecule has 1 aromatic rings. The van der Waals surface area contributed by atoms with E-state index in [9.17, 15) is 9.59 Å². The molecule has 5 nitrogen and oxygen atoms in total. The Morgan fingerprint density at radius 1 is 0.767 bits per heavy atom. The lowest BCUT2D eigenvalue weighted by Crippen LogP contribution is -2.30. The van der Waals surface area contributed by atoms with Crippen molar-refractivity contribution >= 4 is 11.9 Å². The second-order valence-electron chi connectivity index (χ2n) is 7.93. The van der Waals surface area contributed by atoms with Crippen LogP contribution < -0.4 is 4.74 Å². The summed E-state index contributed by atoms with van der Waals surface area (Å²) in [4.78, 5) is 29.8. The third kappa shape index (κ3) is 12.0. The molecule has 0 aliphatic heterocycles. The minimum Gasteiger partial charge on any atom is -0.426 e. The summed E-state index contributed by atoms with van der Waals surface area (Å²) in [7, 11) is 0. The number of carbonyl (C=O) groups excluding carboxylic acids is 2. The zero-order chi connectivity index (χ0) is 22.0. The highest BCUT2D eigenvalue weighted by atomic mass is 16.7. The maximum atomic E-state index is 12.8. The fourth-order valence-electron chi connectivity index (χ4n) is 3.39. The summed E-state index contributed by atoms with van der Waals surface area (Å²) >= 11 is 0. The Morgan fingerprint density at radius 2 is 1.27 bits per heavy atom.